The zero-order chi connectivity index (χ0) is 12.3. The number of fused-ring (bicyclic) bond motifs is 1. The Labute approximate surface area is 99.5 Å². The lowest BCUT2D eigenvalue weighted by atomic mass is 10.0. The summed E-state index contributed by atoms with van der Waals surface area (Å²) in [6.07, 6.45) is 0.271. The third kappa shape index (κ3) is 2.68. The van der Waals surface area contributed by atoms with Gasteiger partial charge in [0.25, 0.3) is 0 Å². The molecule has 0 saturated heterocycles. The molecule has 1 aliphatic heterocycles. The van der Waals surface area contributed by atoms with Gasteiger partial charge in [-0.3, -0.25) is 4.79 Å². The van der Waals surface area contributed by atoms with Gasteiger partial charge in [0, 0.05) is 5.56 Å². The molecule has 5 nitrogen and oxygen atoms in total. The van der Waals surface area contributed by atoms with Crippen LogP contribution in [0.2, 0.25) is 0 Å². The second-order valence-corrected chi connectivity index (χ2v) is 3.82. The maximum Gasteiger partial charge on any atom is 0.312 e. The van der Waals surface area contributed by atoms with E-state index in [0.717, 1.165) is 11.3 Å². The van der Waals surface area contributed by atoms with Crippen LogP contribution in [0.15, 0.2) is 18.2 Å². The first-order valence-electron chi connectivity index (χ1n) is 5.59. The van der Waals surface area contributed by atoms with Crippen LogP contribution in [-0.2, 0) is 9.53 Å². The molecule has 1 heterocycles. The number of hydrogen-bond acceptors (Lipinski definition) is 4. The highest BCUT2D eigenvalue weighted by molar-refractivity contribution is 5.70. The largest absolute Gasteiger partial charge is 0.466 e. The van der Waals surface area contributed by atoms with Gasteiger partial charge in [0.2, 0.25) is 6.79 Å². The summed E-state index contributed by atoms with van der Waals surface area (Å²) in [5, 5.41) is 0. The first kappa shape index (κ1) is 11.7. The lowest BCUT2D eigenvalue weighted by Crippen LogP contribution is -2.54. The lowest BCUT2D eigenvalue weighted by molar-refractivity contribution is -0.425. The predicted molar refractivity (Wildman–Crippen MR) is 59.4 cm³/mol. The van der Waals surface area contributed by atoms with E-state index in [-0.39, 0.29) is 25.2 Å². The summed E-state index contributed by atoms with van der Waals surface area (Å²) >= 11 is 0. The molecule has 1 atom stereocenters. The van der Waals surface area contributed by atoms with E-state index in [1.165, 1.54) is 0 Å². The summed E-state index contributed by atoms with van der Waals surface area (Å²) in [4.78, 5) is 11.3. The first-order valence-corrected chi connectivity index (χ1v) is 5.59. The Morgan fingerprint density at radius 1 is 1.47 bits per heavy atom. The molecule has 2 rings (SSSR count). The Morgan fingerprint density at radius 2 is 2.24 bits per heavy atom. The Hall–Kier alpha value is -1.75. The van der Waals surface area contributed by atoms with Gasteiger partial charge in [-0.1, -0.05) is 0 Å². The number of hydrogen-bond donors (Lipinski definition) is 1. The highest BCUT2D eigenvalue weighted by atomic mass is 16.7. The van der Waals surface area contributed by atoms with Crippen molar-refractivity contribution in [1.82, 2.24) is 0 Å². The number of quaternary nitrogens is 1. The molecule has 0 bridgehead atoms. The smallest absolute Gasteiger partial charge is 0.312 e. The van der Waals surface area contributed by atoms with Crippen LogP contribution < -0.4 is 15.2 Å². The SMILES string of the molecule is CCOC(=O)C[C@H]([NH3+])c1ccc2c(c1)OCO2. The molecule has 3 N–H and O–H groups in total. The van der Waals surface area contributed by atoms with Crippen LogP contribution in [0.1, 0.15) is 24.9 Å². The third-order valence-corrected chi connectivity index (χ3v) is 2.59. The van der Waals surface area contributed by atoms with Crippen LogP contribution in [0.3, 0.4) is 0 Å². The topological polar surface area (TPSA) is 72.4 Å². The van der Waals surface area contributed by atoms with Crippen molar-refractivity contribution in [2.24, 2.45) is 0 Å². The monoisotopic (exact) mass is 238 g/mol. The van der Waals surface area contributed by atoms with Crippen molar-refractivity contribution >= 4 is 5.97 Å². The van der Waals surface area contributed by atoms with Gasteiger partial charge in [-0.25, -0.2) is 0 Å². The fraction of sp³-hybridized carbons (Fsp3) is 0.417. The fourth-order valence-corrected chi connectivity index (χ4v) is 1.71. The molecule has 0 spiro atoms. The number of benzene rings is 1. The van der Waals surface area contributed by atoms with E-state index in [1.54, 1.807) is 6.92 Å². The standard InChI is InChI=1S/C12H15NO4/c1-2-15-12(14)6-9(13)8-3-4-10-11(5-8)17-7-16-10/h3-5,9H,2,6-7,13H2,1H3/p+1/t9-/m0/s1. The maximum absolute atomic E-state index is 11.3. The van der Waals surface area contributed by atoms with Gasteiger partial charge in [0.15, 0.2) is 11.5 Å². The van der Waals surface area contributed by atoms with E-state index in [2.05, 4.69) is 5.73 Å². The van der Waals surface area contributed by atoms with Gasteiger partial charge in [0.1, 0.15) is 12.5 Å². The molecule has 5 heteroatoms. The van der Waals surface area contributed by atoms with Crippen molar-refractivity contribution in [2.45, 2.75) is 19.4 Å². The number of ether oxygens (including phenoxy) is 3. The van der Waals surface area contributed by atoms with Gasteiger partial charge in [-0.2, -0.15) is 0 Å². The molecular formula is C12H16NO4+. The number of esters is 1. The van der Waals surface area contributed by atoms with E-state index in [9.17, 15) is 4.79 Å². The Bertz CT molecular complexity index is 419. The number of carbonyl (C=O) groups is 1. The number of carbonyl (C=O) groups excluding carboxylic acids is 1. The van der Waals surface area contributed by atoms with E-state index < -0.39 is 0 Å². The highest BCUT2D eigenvalue weighted by Crippen LogP contribution is 2.33. The number of rotatable bonds is 4. The van der Waals surface area contributed by atoms with E-state index >= 15 is 0 Å². The van der Waals surface area contributed by atoms with Crippen LogP contribution in [-0.4, -0.2) is 19.4 Å². The van der Waals surface area contributed by atoms with Crippen molar-refractivity contribution in [3.63, 3.8) is 0 Å². The minimum absolute atomic E-state index is 0.136. The summed E-state index contributed by atoms with van der Waals surface area (Å²) in [7, 11) is 0. The Balaban J connectivity index is 2.04. The quantitative estimate of drug-likeness (QED) is 0.782. The summed E-state index contributed by atoms with van der Waals surface area (Å²) < 4.78 is 15.4. The van der Waals surface area contributed by atoms with Crippen LogP contribution in [0, 0.1) is 0 Å². The fourth-order valence-electron chi connectivity index (χ4n) is 1.71. The first-order chi connectivity index (χ1) is 8.20. The van der Waals surface area contributed by atoms with Crippen molar-refractivity contribution in [3.8, 4) is 11.5 Å². The van der Waals surface area contributed by atoms with Crippen molar-refractivity contribution < 1.29 is 24.7 Å². The zero-order valence-corrected chi connectivity index (χ0v) is 9.77. The molecular weight excluding hydrogens is 222 g/mol. The average molecular weight is 238 g/mol. The van der Waals surface area contributed by atoms with E-state index in [1.807, 2.05) is 18.2 Å². The molecule has 0 aliphatic carbocycles. The lowest BCUT2D eigenvalue weighted by Gasteiger charge is -2.08. The molecule has 1 aliphatic rings. The maximum atomic E-state index is 11.3. The summed E-state index contributed by atoms with van der Waals surface area (Å²) in [5.41, 5.74) is 4.91. The Kier molecular flexibility index (Phi) is 3.49. The summed E-state index contributed by atoms with van der Waals surface area (Å²) in [6, 6.07) is 5.45. The van der Waals surface area contributed by atoms with Gasteiger partial charge in [0.05, 0.1) is 6.61 Å². The summed E-state index contributed by atoms with van der Waals surface area (Å²) in [5.74, 6) is 1.21. The molecule has 92 valence electrons. The Morgan fingerprint density at radius 3 is 3.00 bits per heavy atom. The van der Waals surface area contributed by atoms with E-state index in [4.69, 9.17) is 14.2 Å². The van der Waals surface area contributed by atoms with Gasteiger partial charge in [-0.15, -0.1) is 0 Å². The van der Waals surface area contributed by atoms with E-state index in [0.29, 0.717) is 12.4 Å². The third-order valence-electron chi connectivity index (χ3n) is 2.59. The predicted octanol–water partition coefficient (Wildman–Crippen LogP) is 0.651. The normalized spacial score (nSPS) is 14.5. The van der Waals surface area contributed by atoms with Crippen LogP contribution >= 0.6 is 0 Å². The van der Waals surface area contributed by atoms with Gasteiger partial charge < -0.3 is 19.9 Å². The molecule has 1 aromatic carbocycles. The molecule has 0 aromatic heterocycles. The molecule has 0 radical (unpaired) electrons. The molecule has 17 heavy (non-hydrogen) atoms. The van der Waals surface area contributed by atoms with Crippen LogP contribution in [0.4, 0.5) is 0 Å². The van der Waals surface area contributed by atoms with Crippen LogP contribution in [0.5, 0.6) is 11.5 Å². The molecule has 0 fully saturated rings. The molecule has 1 aromatic rings. The molecule has 0 amide bonds. The average Bonchev–Trinajstić information content (AvgIpc) is 2.75. The molecule has 0 saturated carbocycles. The second kappa shape index (κ2) is 5.05. The van der Waals surface area contributed by atoms with Gasteiger partial charge >= 0.3 is 5.97 Å². The van der Waals surface area contributed by atoms with Crippen molar-refractivity contribution in [3.05, 3.63) is 23.8 Å². The minimum Gasteiger partial charge on any atom is -0.466 e. The van der Waals surface area contributed by atoms with Gasteiger partial charge in [-0.05, 0) is 25.1 Å². The van der Waals surface area contributed by atoms with Crippen molar-refractivity contribution in [1.29, 1.82) is 0 Å². The molecule has 0 unspecified atom stereocenters. The minimum atomic E-state index is -0.231. The second-order valence-electron chi connectivity index (χ2n) is 3.82. The highest BCUT2D eigenvalue weighted by Gasteiger charge is 2.20. The van der Waals surface area contributed by atoms with Crippen LogP contribution in [0.25, 0.3) is 0 Å². The zero-order valence-electron chi connectivity index (χ0n) is 9.77. The van der Waals surface area contributed by atoms with Crippen molar-refractivity contribution in [2.75, 3.05) is 13.4 Å². The summed E-state index contributed by atoms with van der Waals surface area (Å²) in [6.45, 7) is 2.43.